The second kappa shape index (κ2) is 12.1. The molecule has 2 saturated heterocycles. The maximum atomic E-state index is 12.3. The number of carbonyl (C=O) groups excluding carboxylic acids is 1. The quantitative estimate of drug-likeness (QED) is 0.633. The van der Waals surface area contributed by atoms with Crippen LogP contribution >= 0.6 is 23.5 Å². The first-order chi connectivity index (χ1) is 14.1. The van der Waals surface area contributed by atoms with Gasteiger partial charge in [-0.2, -0.15) is 0 Å². The van der Waals surface area contributed by atoms with E-state index in [4.69, 9.17) is 9.47 Å². The highest BCUT2D eigenvalue weighted by Gasteiger charge is 2.22. The summed E-state index contributed by atoms with van der Waals surface area (Å²) < 4.78 is 11.7. The van der Waals surface area contributed by atoms with Crippen LogP contribution in [0.25, 0.3) is 0 Å². The molecule has 7 heteroatoms. The van der Waals surface area contributed by atoms with Crippen LogP contribution in [0.15, 0.2) is 24.3 Å². The Kier molecular flexibility index (Phi) is 9.49. The highest BCUT2D eigenvalue weighted by atomic mass is 32.2. The van der Waals surface area contributed by atoms with Gasteiger partial charge in [0.15, 0.2) is 6.61 Å². The van der Waals surface area contributed by atoms with Crippen molar-refractivity contribution in [2.45, 2.75) is 37.3 Å². The lowest BCUT2D eigenvalue weighted by Crippen LogP contribution is -2.49. The van der Waals surface area contributed by atoms with Gasteiger partial charge >= 0.3 is 0 Å². The molecule has 0 bridgehead atoms. The molecule has 1 atom stereocenters. The van der Waals surface area contributed by atoms with E-state index in [1.165, 1.54) is 23.5 Å². The number of hydrogen-bond donors (Lipinski definition) is 1. The van der Waals surface area contributed by atoms with Gasteiger partial charge in [0, 0.05) is 25.7 Å². The minimum Gasteiger partial charge on any atom is -0.484 e. The molecule has 1 unspecified atom stereocenters. The summed E-state index contributed by atoms with van der Waals surface area (Å²) in [6.45, 7) is 8.61. The van der Waals surface area contributed by atoms with Crippen molar-refractivity contribution in [3.8, 4) is 5.75 Å². The second-order valence-electron chi connectivity index (χ2n) is 8.02. The number of ether oxygens (including phenoxy) is 2. The maximum absolute atomic E-state index is 12.3. The van der Waals surface area contributed by atoms with Crippen LogP contribution in [0, 0.1) is 5.92 Å². The van der Waals surface area contributed by atoms with E-state index >= 15 is 0 Å². The molecule has 1 amide bonds. The summed E-state index contributed by atoms with van der Waals surface area (Å²) in [5.41, 5.74) is 1.33. The van der Waals surface area contributed by atoms with E-state index in [1.54, 1.807) is 0 Å². The first kappa shape index (κ1) is 22.8. The van der Waals surface area contributed by atoms with Gasteiger partial charge in [0.2, 0.25) is 0 Å². The molecule has 162 valence electrons. The minimum atomic E-state index is -0.0607. The van der Waals surface area contributed by atoms with Crippen LogP contribution in [0.2, 0.25) is 0 Å². The van der Waals surface area contributed by atoms with Gasteiger partial charge < -0.3 is 14.8 Å². The van der Waals surface area contributed by atoms with Gasteiger partial charge in [-0.1, -0.05) is 26.0 Å². The third-order valence-corrected chi connectivity index (χ3v) is 8.20. The SMILES string of the molecule is CC(C)CC(CNC(=O)COc1ccc(C2SCCCS2)cc1)N1CCOCC1. The average Bonchev–Trinajstić information content (AvgIpc) is 2.76. The normalized spacial score (nSPS) is 19.8. The molecule has 2 aliphatic heterocycles. The lowest BCUT2D eigenvalue weighted by molar-refractivity contribution is -0.123. The van der Waals surface area contributed by atoms with Crippen molar-refractivity contribution in [1.82, 2.24) is 10.2 Å². The number of morpholine rings is 1. The van der Waals surface area contributed by atoms with E-state index in [9.17, 15) is 4.79 Å². The summed E-state index contributed by atoms with van der Waals surface area (Å²) in [5.74, 6) is 3.75. The average molecular weight is 439 g/mol. The number of thioether (sulfide) groups is 2. The molecule has 2 aliphatic rings. The molecule has 29 heavy (non-hydrogen) atoms. The smallest absolute Gasteiger partial charge is 0.257 e. The van der Waals surface area contributed by atoms with Crippen LogP contribution < -0.4 is 10.1 Å². The van der Waals surface area contributed by atoms with Gasteiger partial charge in [0.1, 0.15) is 5.75 Å². The Morgan fingerprint density at radius 3 is 2.55 bits per heavy atom. The van der Waals surface area contributed by atoms with Crippen molar-refractivity contribution in [3.63, 3.8) is 0 Å². The van der Waals surface area contributed by atoms with Gasteiger partial charge in [-0.15, -0.1) is 23.5 Å². The highest BCUT2D eigenvalue weighted by molar-refractivity contribution is 8.16. The van der Waals surface area contributed by atoms with Gasteiger partial charge in [-0.05, 0) is 48.0 Å². The van der Waals surface area contributed by atoms with Crippen LogP contribution in [0.4, 0.5) is 0 Å². The summed E-state index contributed by atoms with van der Waals surface area (Å²) in [4.78, 5) is 14.8. The van der Waals surface area contributed by atoms with Gasteiger partial charge in [0.25, 0.3) is 5.91 Å². The fraction of sp³-hybridized carbons (Fsp3) is 0.682. The van der Waals surface area contributed by atoms with Crippen molar-refractivity contribution >= 4 is 29.4 Å². The third kappa shape index (κ3) is 7.70. The number of benzene rings is 1. The number of nitrogens with one attached hydrogen (secondary N) is 1. The van der Waals surface area contributed by atoms with Crippen LogP contribution in [-0.2, 0) is 9.53 Å². The van der Waals surface area contributed by atoms with Crippen LogP contribution in [-0.4, -0.2) is 67.8 Å². The number of carbonyl (C=O) groups is 1. The van der Waals surface area contributed by atoms with Gasteiger partial charge in [0.05, 0.1) is 17.8 Å². The zero-order valence-corrected chi connectivity index (χ0v) is 19.2. The zero-order valence-electron chi connectivity index (χ0n) is 17.6. The Hall–Kier alpha value is -0.890. The number of amides is 1. The molecule has 5 nitrogen and oxygen atoms in total. The van der Waals surface area contributed by atoms with E-state index in [-0.39, 0.29) is 12.5 Å². The minimum absolute atomic E-state index is 0.0593. The van der Waals surface area contributed by atoms with Crippen molar-refractivity contribution < 1.29 is 14.3 Å². The van der Waals surface area contributed by atoms with E-state index in [0.29, 0.717) is 23.1 Å². The first-order valence-corrected chi connectivity index (χ1v) is 12.8. The highest BCUT2D eigenvalue weighted by Crippen LogP contribution is 2.43. The molecular weight excluding hydrogens is 404 g/mol. The fourth-order valence-corrected chi connectivity index (χ4v) is 6.58. The van der Waals surface area contributed by atoms with Crippen LogP contribution in [0.1, 0.15) is 36.8 Å². The largest absolute Gasteiger partial charge is 0.484 e. The Morgan fingerprint density at radius 2 is 1.90 bits per heavy atom. The van der Waals surface area contributed by atoms with Crippen LogP contribution in [0.5, 0.6) is 5.75 Å². The monoisotopic (exact) mass is 438 g/mol. The molecule has 2 heterocycles. The predicted molar refractivity (Wildman–Crippen MR) is 123 cm³/mol. The van der Waals surface area contributed by atoms with Crippen molar-refractivity contribution in [2.75, 3.05) is 51.0 Å². The van der Waals surface area contributed by atoms with E-state index in [0.717, 1.165) is 38.5 Å². The molecule has 0 aromatic heterocycles. The first-order valence-electron chi connectivity index (χ1n) is 10.7. The molecular formula is C22H34N2O3S2. The maximum Gasteiger partial charge on any atom is 0.257 e. The summed E-state index contributed by atoms with van der Waals surface area (Å²) in [6, 6.07) is 8.56. The Balaban J connectivity index is 1.42. The summed E-state index contributed by atoms with van der Waals surface area (Å²) in [6.07, 6.45) is 2.37. The second-order valence-corrected chi connectivity index (χ2v) is 10.7. The lowest BCUT2D eigenvalue weighted by Gasteiger charge is -2.35. The summed E-state index contributed by atoms with van der Waals surface area (Å²) in [7, 11) is 0. The molecule has 0 aliphatic carbocycles. The molecule has 1 aromatic rings. The van der Waals surface area contributed by atoms with E-state index in [2.05, 4.69) is 36.2 Å². The zero-order chi connectivity index (χ0) is 20.5. The van der Waals surface area contributed by atoms with E-state index < -0.39 is 0 Å². The lowest BCUT2D eigenvalue weighted by atomic mass is 10.0. The van der Waals surface area contributed by atoms with Gasteiger partial charge in [-0.25, -0.2) is 0 Å². The van der Waals surface area contributed by atoms with Crippen LogP contribution in [0.3, 0.4) is 0 Å². The summed E-state index contributed by atoms with van der Waals surface area (Å²) >= 11 is 4.02. The van der Waals surface area contributed by atoms with E-state index in [1.807, 2.05) is 35.7 Å². The Bertz CT molecular complexity index is 615. The van der Waals surface area contributed by atoms with Crippen molar-refractivity contribution in [2.24, 2.45) is 5.92 Å². The molecule has 1 N–H and O–H groups in total. The van der Waals surface area contributed by atoms with Gasteiger partial charge in [-0.3, -0.25) is 9.69 Å². The Labute approximate surface area is 183 Å². The third-order valence-electron chi connectivity index (χ3n) is 5.19. The van der Waals surface area contributed by atoms with Crippen molar-refractivity contribution in [1.29, 1.82) is 0 Å². The van der Waals surface area contributed by atoms with Crippen molar-refractivity contribution in [3.05, 3.63) is 29.8 Å². The molecule has 1 aromatic carbocycles. The predicted octanol–water partition coefficient (Wildman–Crippen LogP) is 3.80. The molecule has 2 fully saturated rings. The number of rotatable bonds is 9. The number of nitrogens with zero attached hydrogens (tertiary/aromatic N) is 1. The molecule has 0 saturated carbocycles. The molecule has 0 radical (unpaired) electrons. The summed E-state index contributed by atoms with van der Waals surface area (Å²) in [5, 5.41) is 3.07. The number of hydrogen-bond acceptors (Lipinski definition) is 6. The molecule has 0 spiro atoms. The topological polar surface area (TPSA) is 50.8 Å². The Morgan fingerprint density at radius 1 is 1.21 bits per heavy atom. The fourth-order valence-electron chi connectivity index (χ4n) is 3.68. The molecule has 3 rings (SSSR count). The standard InChI is InChI=1S/C22H34N2O3S2/c1-17(2)14-19(24-8-10-26-11-9-24)15-23-21(25)16-27-20-6-4-18(5-7-20)22-28-12-3-13-29-22/h4-7,17,19,22H,3,8-16H2,1-2H3,(H,23,25).